The Morgan fingerprint density at radius 2 is 2.19 bits per heavy atom. The highest BCUT2D eigenvalue weighted by molar-refractivity contribution is 7.12. The molecule has 0 radical (unpaired) electrons. The summed E-state index contributed by atoms with van der Waals surface area (Å²) >= 11 is 1.79. The van der Waals surface area contributed by atoms with Crippen LogP contribution in [0.15, 0.2) is 12.1 Å². The van der Waals surface area contributed by atoms with Gasteiger partial charge in [0.15, 0.2) is 0 Å². The summed E-state index contributed by atoms with van der Waals surface area (Å²) in [7, 11) is 1.74. The van der Waals surface area contributed by atoms with Crippen molar-refractivity contribution in [2.75, 3.05) is 20.3 Å². The van der Waals surface area contributed by atoms with Crippen LogP contribution in [0.5, 0.6) is 0 Å². The van der Waals surface area contributed by atoms with Gasteiger partial charge in [0.05, 0.1) is 0 Å². The van der Waals surface area contributed by atoms with E-state index in [1.807, 2.05) is 0 Å². The molecular weight excluding hydrogens is 284 g/mol. The van der Waals surface area contributed by atoms with Gasteiger partial charge in [0.2, 0.25) is 5.91 Å². The van der Waals surface area contributed by atoms with Gasteiger partial charge in [-0.05, 0) is 51.2 Å². The van der Waals surface area contributed by atoms with E-state index >= 15 is 0 Å². The summed E-state index contributed by atoms with van der Waals surface area (Å²) in [4.78, 5) is 17.3. The number of methoxy groups -OCH3 is 1. The van der Waals surface area contributed by atoms with E-state index in [0.29, 0.717) is 5.91 Å². The topological polar surface area (TPSA) is 41.6 Å². The predicted octanol–water partition coefficient (Wildman–Crippen LogP) is 2.84. The van der Waals surface area contributed by atoms with Crippen molar-refractivity contribution in [3.8, 4) is 0 Å². The molecule has 1 atom stereocenters. The minimum atomic E-state index is -0.227. The minimum Gasteiger partial charge on any atom is -0.385 e. The van der Waals surface area contributed by atoms with Gasteiger partial charge < -0.3 is 9.64 Å². The molecule has 1 aliphatic heterocycles. The molecule has 2 aliphatic rings. The molecule has 1 saturated heterocycles. The molecule has 3 rings (SSSR count). The van der Waals surface area contributed by atoms with Gasteiger partial charge in [0.1, 0.15) is 11.7 Å². The Morgan fingerprint density at radius 3 is 2.81 bits per heavy atom. The van der Waals surface area contributed by atoms with Gasteiger partial charge in [0, 0.05) is 30.0 Å². The van der Waals surface area contributed by atoms with E-state index < -0.39 is 0 Å². The van der Waals surface area contributed by atoms with Crippen LogP contribution in [0.2, 0.25) is 0 Å². The second kappa shape index (κ2) is 6.07. The number of nitrogens with zero attached hydrogens (tertiary/aromatic N) is 1. The van der Waals surface area contributed by atoms with Crippen LogP contribution in [0.4, 0.5) is 0 Å². The molecule has 2 fully saturated rings. The van der Waals surface area contributed by atoms with Crippen LogP contribution in [0.3, 0.4) is 0 Å². The van der Waals surface area contributed by atoms with Gasteiger partial charge in [-0.1, -0.05) is 0 Å². The minimum absolute atomic E-state index is 0.0844. The largest absolute Gasteiger partial charge is 0.385 e. The van der Waals surface area contributed by atoms with Crippen LogP contribution in [-0.4, -0.2) is 36.6 Å². The third kappa shape index (κ3) is 3.00. The maximum Gasteiger partial charge on any atom is 0.244 e. The smallest absolute Gasteiger partial charge is 0.244 e. The zero-order chi connectivity index (χ0) is 14.9. The number of hydrogen-bond donors (Lipinski definition) is 1. The van der Waals surface area contributed by atoms with E-state index in [-0.39, 0.29) is 11.7 Å². The lowest BCUT2D eigenvalue weighted by Crippen LogP contribution is -2.32. The monoisotopic (exact) mass is 308 g/mol. The van der Waals surface area contributed by atoms with Crippen molar-refractivity contribution in [2.24, 2.45) is 0 Å². The number of nitrogens with one attached hydrogen (secondary N) is 1. The zero-order valence-electron chi connectivity index (χ0n) is 12.9. The average molecular weight is 308 g/mol. The molecule has 0 bridgehead atoms. The van der Waals surface area contributed by atoms with Crippen molar-refractivity contribution in [3.63, 3.8) is 0 Å². The van der Waals surface area contributed by atoms with E-state index in [9.17, 15) is 4.79 Å². The molecule has 1 N–H and O–H groups in total. The van der Waals surface area contributed by atoms with Crippen LogP contribution in [0.25, 0.3) is 0 Å². The second-order valence-electron chi connectivity index (χ2n) is 6.13. The molecular formula is C16H24N2O2S. The number of carbonyl (C=O) groups is 1. The number of unbranched alkanes of at least 4 members (excludes halogenated alkanes) is 2. The Morgan fingerprint density at radius 1 is 1.38 bits per heavy atom. The fourth-order valence-corrected chi connectivity index (χ4v) is 3.98. The molecule has 1 amide bonds. The maximum absolute atomic E-state index is 12.6. The van der Waals surface area contributed by atoms with Gasteiger partial charge in [0.25, 0.3) is 0 Å². The van der Waals surface area contributed by atoms with Gasteiger partial charge in [-0.25, -0.2) is 0 Å². The first-order valence-corrected chi connectivity index (χ1v) is 8.62. The van der Waals surface area contributed by atoms with Crippen LogP contribution in [0, 0.1) is 6.92 Å². The normalized spacial score (nSPS) is 23.2. The first-order valence-electron chi connectivity index (χ1n) is 7.80. The number of aryl methyl sites for hydroxylation is 1. The van der Waals surface area contributed by atoms with Crippen molar-refractivity contribution < 1.29 is 9.53 Å². The first kappa shape index (κ1) is 15.0. The lowest BCUT2D eigenvalue weighted by atomic mass is 10.2. The number of carbonyl (C=O) groups excluding carboxylic acids is 1. The van der Waals surface area contributed by atoms with Gasteiger partial charge in [-0.2, -0.15) is 0 Å². The summed E-state index contributed by atoms with van der Waals surface area (Å²) in [5.41, 5.74) is -0.227. The summed E-state index contributed by atoms with van der Waals surface area (Å²) in [6.45, 7) is 3.77. The lowest BCUT2D eigenvalue weighted by molar-refractivity contribution is -0.130. The number of rotatable bonds is 7. The summed E-state index contributed by atoms with van der Waals surface area (Å²) in [5, 5.41) is 3.58. The number of hydrogen-bond acceptors (Lipinski definition) is 4. The summed E-state index contributed by atoms with van der Waals surface area (Å²) in [6.07, 6.45) is 5.30. The molecule has 116 valence electrons. The standard InChI is InChI=1S/C16H24N2O2S/c1-12-6-7-13(21-12)14-17-16(8-9-16)15(19)18(14)10-4-3-5-11-20-2/h6-7,14,17H,3-5,8-11H2,1-2H3. The van der Waals surface area contributed by atoms with Crippen molar-refractivity contribution in [1.82, 2.24) is 10.2 Å². The Labute approximate surface area is 130 Å². The molecule has 21 heavy (non-hydrogen) atoms. The molecule has 1 aromatic heterocycles. The summed E-state index contributed by atoms with van der Waals surface area (Å²) in [5.74, 6) is 0.310. The molecule has 1 unspecified atom stereocenters. The first-order chi connectivity index (χ1) is 10.2. The average Bonchev–Trinajstić information content (AvgIpc) is 3.05. The van der Waals surface area contributed by atoms with Crippen LogP contribution < -0.4 is 5.32 Å². The van der Waals surface area contributed by atoms with Crippen LogP contribution in [0.1, 0.15) is 48.0 Å². The fraction of sp³-hybridized carbons (Fsp3) is 0.688. The third-order valence-corrected chi connectivity index (χ3v) is 5.48. The van der Waals surface area contributed by atoms with Gasteiger partial charge in [-0.3, -0.25) is 10.1 Å². The molecule has 5 heteroatoms. The molecule has 1 aromatic rings. The molecule has 2 heterocycles. The SMILES string of the molecule is COCCCCCN1C(=O)C2(CC2)NC1c1ccc(C)s1. The number of ether oxygens (including phenoxy) is 1. The molecule has 0 aromatic carbocycles. The highest BCUT2D eigenvalue weighted by Crippen LogP contribution is 2.46. The van der Waals surface area contributed by atoms with E-state index in [1.54, 1.807) is 18.4 Å². The molecule has 4 nitrogen and oxygen atoms in total. The summed E-state index contributed by atoms with van der Waals surface area (Å²) < 4.78 is 5.08. The highest BCUT2D eigenvalue weighted by atomic mass is 32.1. The Kier molecular flexibility index (Phi) is 4.33. The van der Waals surface area contributed by atoms with E-state index in [0.717, 1.165) is 45.3 Å². The van der Waals surface area contributed by atoms with Crippen molar-refractivity contribution in [3.05, 3.63) is 21.9 Å². The molecule has 1 saturated carbocycles. The van der Waals surface area contributed by atoms with E-state index in [2.05, 4.69) is 29.3 Å². The van der Waals surface area contributed by atoms with Crippen molar-refractivity contribution >= 4 is 17.2 Å². The van der Waals surface area contributed by atoms with Crippen molar-refractivity contribution in [1.29, 1.82) is 0 Å². The van der Waals surface area contributed by atoms with Gasteiger partial charge >= 0.3 is 0 Å². The van der Waals surface area contributed by atoms with E-state index in [4.69, 9.17) is 4.74 Å². The van der Waals surface area contributed by atoms with E-state index in [1.165, 1.54) is 9.75 Å². The highest BCUT2D eigenvalue weighted by Gasteiger charge is 2.59. The number of amides is 1. The quantitative estimate of drug-likeness (QED) is 0.788. The lowest BCUT2D eigenvalue weighted by Gasteiger charge is -2.23. The molecule has 1 spiro atoms. The predicted molar refractivity (Wildman–Crippen MR) is 84.3 cm³/mol. The molecule has 1 aliphatic carbocycles. The maximum atomic E-state index is 12.6. The Bertz CT molecular complexity index is 510. The zero-order valence-corrected chi connectivity index (χ0v) is 13.7. The fourth-order valence-electron chi connectivity index (χ4n) is 3.04. The summed E-state index contributed by atoms with van der Waals surface area (Å²) in [6, 6.07) is 4.30. The number of thiophene rings is 1. The second-order valence-corrected chi connectivity index (χ2v) is 7.45. The van der Waals surface area contributed by atoms with Crippen LogP contribution in [-0.2, 0) is 9.53 Å². The van der Waals surface area contributed by atoms with Crippen molar-refractivity contribution in [2.45, 2.75) is 50.7 Å². The third-order valence-electron chi connectivity index (χ3n) is 4.42. The Hall–Kier alpha value is -0.910. The van der Waals surface area contributed by atoms with Crippen LogP contribution >= 0.6 is 11.3 Å². The Balaban J connectivity index is 1.64. The van der Waals surface area contributed by atoms with Gasteiger partial charge in [-0.15, -0.1) is 11.3 Å².